The van der Waals surface area contributed by atoms with E-state index >= 15 is 0 Å². The van der Waals surface area contributed by atoms with E-state index in [0.717, 1.165) is 9.87 Å². The summed E-state index contributed by atoms with van der Waals surface area (Å²) in [5.41, 5.74) is 0.919. The molecule has 0 atom stereocenters. The van der Waals surface area contributed by atoms with Crippen molar-refractivity contribution in [1.82, 2.24) is 4.31 Å². The fourth-order valence-corrected chi connectivity index (χ4v) is 3.59. The van der Waals surface area contributed by atoms with E-state index in [1.54, 1.807) is 0 Å². The molecule has 5 nitrogen and oxygen atoms in total. The highest BCUT2D eigenvalue weighted by molar-refractivity contribution is 7.89. The summed E-state index contributed by atoms with van der Waals surface area (Å²) in [5.74, 6) is -1.45. The van der Waals surface area contributed by atoms with Crippen molar-refractivity contribution in [3.8, 4) is 0 Å². The van der Waals surface area contributed by atoms with Crippen molar-refractivity contribution in [3.63, 3.8) is 0 Å². The molecule has 0 spiro atoms. The van der Waals surface area contributed by atoms with E-state index in [9.17, 15) is 18.3 Å². The van der Waals surface area contributed by atoms with Crippen LogP contribution in [0.3, 0.4) is 0 Å². The van der Waals surface area contributed by atoms with Gasteiger partial charge in [-0.15, -0.1) is 0 Å². The highest BCUT2D eigenvalue weighted by Crippen LogP contribution is 2.18. The maximum Gasteiger partial charge on any atom is 0.243 e. The maximum absolute atomic E-state index is 12.6. The topological polar surface area (TPSA) is 77.5 Å². The zero-order valence-corrected chi connectivity index (χ0v) is 13.8. The lowest BCUT2D eigenvalue weighted by atomic mass is 10.1. The number of carboxylic acid groups (broad SMARTS) is 1. The molecule has 0 N–H and O–H groups in total. The summed E-state index contributed by atoms with van der Waals surface area (Å²) in [6.45, 7) is -0.652. The smallest absolute Gasteiger partial charge is 0.243 e. The summed E-state index contributed by atoms with van der Waals surface area (Å²) < 4.78 is 26.1. The number of benzene rings is 2. The molecule has 0 bridgehead atoms. The van der Waals surface area contributed by atoms with E-state index in [-0.39, 0.29) is 11.4 Å². The lowest BCUT2D eigenvalue weighted by molar-refractivity contribution is -0.305. The van der Waals surface area contributed by atoms with Crippen LogP contribution in [0.15, 0.2) is 59.5 Å². The van der Waals surface area contributed by atoms with Gasteiger partial charge in [0.25, 0.3) is 0 Å². The monoisotopic (exact) mass is 352 g/mol. The Hall–Kier alpha value is -1.89. The van der Waals surface area contributed by atoms with Crippen LogP contribution in [0.4, 0.5) is 0 Å². The predicted molar refractivity (Wildman–Crippen MR) is 85.4 cm³/mol. The number of hydrogen-bond donors (Lipinski definition) is 0. The Labute approximate surface area is 140 Å². The highest BCUT2D eigenvalue weighted by Gasteiger charge is 2.24. The summed E-state index contributed by atoms with van der Waals surface area (Å²) in [5, 5.41) is 11.3. The molecule has 0 amide bonds. The molecule has 7 heteroatoms. The predicted octanol–water partition coefficient (Wildman–Crippen LogP) is 1.32. The van der Waals surface area contributed by atoms with E-state index in [0.29, 0.717) is 11.4 Å². The molecule has 0 saturated heterocycles. The number of carbonyl (C=O) groups is 1. The van der Waals surface area contributed by atoms with E-state index in [1.165, 1.54) is 24.3 Å². The van der Waals surface area contributed by atoms with Gasteiger partial charge in [-0.05, 0) is 36.2 Å². The van der Waals surface area contributed by atoms with Crippen molar-refractivity contribution >= 4 is 27.6 Å². The highest BCUT2D eigenvalue weighted by atomic mass is 35.5. The molecule has 2 rings (SSSR count). The number of aliphatic carboxylic acids is 1. The van der Waals surface area contributed by atoms with Crippen LogP contribution in [0.2, 0.25) is 5.02 Å². The number of halogens is 1. The first kappa shape index (κ1) is 17.5. The molecule has 0 fully saturated rings. The van der Waals surface area contributed by atoms with Crippen molar-refractivity contribution in [2.75, 3.05) is 13.1 Å². The van der Waals surface area contributed by atoms with Gasteiger partial charge in [-0.1, -0.05) is 41.9 Å². The molecule has 0 radical (unpaired) electrons. The van der Waals surface area contributed by atoms with E-state index in [1.807, 2.05) is 30.3 Å². The first-order valence-corrected chi connectivity index (χ1v) is 8.71. The average Bonchev–Trinajstić information content (AvgIpc) is 2.52. The molecule has 0 unspecified atom stereocenters. The van der Waals surface area contributed by atoms with Crippen LogP contribution < -0.4 is 5.11 Å². The van der Waals surface area contributed by atoms with Gasteiger partial charge in [0.1, 0.15) is 0 Å². The van der Waals surface area contributed by atoms with Gasteiger partial charge in [0, 0.05) is 11.6 Å². The van der Waals surface area contributed by atoms with Crippen LogP contribution in [0, 0.1) is 0 Å². The number of carboxylic acids is 1. The van der Waals surface area contributed by atoms with Gasteiger partial charge in [0.05, 0.1) is 17.4 Å². The van der Waals surface area contributed by atoms with E-state index in [2.05, 4.69) is 0 Å². The Morgan fingerprint density at radius 2 is 1.65 bits per heavy atom. The standard InChI is InChI=1S/C16H16ClNO4S/c17-14-6-8-15(9-7-14)23(21,22)18(12-16(19)20)11-10-13-4-2-1-3-5-13/h1-9H,10-12H2,(H,19,20)/p-1. The molecule has 122 valence electrons. The lowest BCUT2D eigenvalue weighted by Crippen LogP contribution is -2.42. The normalized spacial score (nSPS) is 11.6. The van der Waals surface area contributed by atoms with E-state index < -0.39 is 22.5 Å². The van der Waals surface area contributed by atoms with Crippen molar-refractivity contribution in [1.29, 1.82) is 0 Å². The molecule has 0 saturated carbocycles. The van der Waals surface area contributed by atoms with Gasteiger partial charge in [-0.3, -0.25) is 0 Å². The van der Waals surface area contributed by atoms with Gasteiger partial charge in [-0.25, -0.2) is 8.42 Å². The second-order valence-electron chi connectivity index (χ2n) is 4.90. The van der Waals surface area contributed by atoms with Crippen molar-refractivity contribution in [2.24, 2.45) is 0 Å². The molecular formula is C16H15ClNO4S-. The first-order valence-electron chi connectivity index (χ1n) is 6.89. The number of carbonyl (C=O) groups excluding carboxylic acids is 1. The number of sulfonamides is 1. The quantitative estimate of drug-likeness (QED) is 0.753. The molecular weight excluding hydrogens is 338 g/mol. The second-order valence-corrected chi connectivity index (χ2v) is 7.27. The zero-order chi connectivity index (χ0) is 16.9. The Morgan fingerprint density at radius 3 is 2.22 bits per heavy atom. The Bertz CT molecular complexity index is 760. The molecule has 2 aromatic rings. The largest absolute Gasteiger partial charge is 0.549 e. The first-order chi connectivity index (χ1) is 10.9. The Morgan fingerprint density at radius 1 is 1.04 bits per heavy atom. The minimum absolute atomic E-state index is 0.00351. The van der Waals surface area contributed by atoms with Crippen LogP contribution in [0.5, 0.6) is 0 Å². The lowest BCUT2D eigenvalue weighted by Gasteiger charge is -2.22. The molecule has 0 aliphatic rings. The summed E-state index contributed by atoms with van der Waals surface area (Å²) in [6.07, 6.45) is 0.404. The SMILES string of the molecule is O=C([O-])CN(CCc1ccccc1)S(=O)(=O)c1ccc(Cl)cc1. The minimum atomic E-state index is -3.93. The fourth-order valence-electron chi connectivity index (χ4n) is 2.08. The third-order valence-corrected chi connectivity index (χ3v) is 5.36. The van der Waals surface area contributed by atoms with Gasteiger partial charge in [-0.2, -0.15) is 4.31 Å². The van der Waals surface area contributed by atoms with Crippen LogP contribution >= 0.6 is 11.6 Å². The number of hydrogen-bond acceptors (Lipinski definition) is 4. The summed E-state index contributed by atoms with van der Waals surface area (Å²) in [6, 6.07) is 14.8. The van der Waals surface area contributed by atoms with Gasteiger partial charge in [0.15, 0.2) is 0 Å². The Balaban J connectivity index is 2.22. The van der Waals surface area contributed by atoms with Crippen LogP contribution in [0.25, 0.3) is 0 Å². The molecule has 0 heterocycles. The maximum atomic E-state index is 12.6. The Kier molecular flexibility index (Phi) is 5.76. The molecule has 0 aliphatic heterocycles. The van der Waals surface area contributed by atoms with Crippen LogP contribution in [-0.2, 0) is 21.2 Å². The van der Waals surface area contributed by atoms with Gasteiger partial charge < -0.3 is 9.90 Å². The second kappa shape index (κ2) is 7.59. The minimum Gasteiger partial charge on any atom is -0.549 e. The number of rotatable bonds is 7. The van der Waals surface area contributed by atoms with Crippen LogP contribution in [0.1, 0.15) is 5.56 Å². The summed E-state index contributed by atoms with van der Waals surface area (Å²) in [7, 11) is -3.93. The van der Waals surface area contributed by atoms with Gasteiger partial charge in [0.2, 0.25) is 10.0 Å². The average molecular weight is 353 g/mol. The third-order valence-electron chi connectivity index (χ3n) is 3.25. The molecule has 0 aliphatic carbocycles. The fraction of sp³-hybridized carbons (Fsp3) is 0.188. The molecule has 23 heavy (non-hydrogen) atoms. The van der Waals surface area contributed by atoms with Crippen molar-refractivity contribution in [2.45, 2.75) is 11.3 Å². The molecule has 0 aromatic heterocycles. The van der Waals surface area contributed by atoms with Gasteiger partial charge >= 0.3 is 0 Å². The zero-order valence-electron chi connectivity index (χ0n) is 12.2. The van der Waals surface area contributed by atoms with E-state index in [4.69, 9.17) is 11.6 Å². The summed E-state index contributed by atoms with van der Waals surface area (Å²) >= 11 is 5.75. The third kappa shape index (κ3) is 4.79. The van der Waals surface area contributed by atoms with Crippen LogP contribution in [-0.4, -0.2) is 31.8 Å². The molecule has 2 aromatic carbocycles. The number of nitrogens with zero attached hydrogens (tertiary/aromatic N) is 1. The van der Waals surface area contributed by atoms with Crippen molar-refractivity contribution < 1.29 is 18.3 Å². The summed E-state index contributed by atoms with van der Waals surface area (Å²) in [4.78, 5) is 10.9. The van der Waals surface area contributed by atoms with Crippen molar-refractivity contribution in [3.05, 3.63) is 65.2 Å².